The molecule has 1 aromatic rings. The number of thioether (sulfide) groups is 1. The van der Waals surface area contributed by atoms with Crippen LogP contribution in [-0.2, 0) is 9.59 Å². The Morgan fingerprint density at radius 2 is 2.10 bits per heavy atom. The van der Waals surface area contributed by atoms with E-state index in [-0.39, 0.29) is 23.5 Å². The van der Waals surface area contributed by atoms with Crippen LogP contribution in [0.25, 0.3) is 0 Å². The quantitative estimate of drug-likeness (QED) is 0.932. The SMILES string of the molecule is O=C(CSC1=NC(=O)C2CCCC2=N1)Nc1ccccc1. The molecule has 0 bridgehead atoms. The fourth-order valence-electron chi connectivity index (χ4n) is 2.46. The highest BCUT2D eigenvalue weighted by atomic mass is 32.2. The van der Waals surface area contributed by atoms with Crippen LogP contribution >= 0.6 is 11.8 Å². The molecule has 1 aliphatic carbocycles. The first-order valence-electron chi connectivity index (χ1n) is 6.90. The van der Waals surface area contributed by atoms with Crippen molar-refractivity contribution in [2.75, 3.05) is 11.1 Å². The van der Waals surface area contributed by atoms with E-state index in [4.69, 9.17) is 0 Å². The Morgan fingerprint density at radius 1 is 1.29 bits per heavy atom. The van der Waals surface area contributed by atoms with Gasteiger partial charge >= 0.3 is 0 Å². The van der Waals surface area contributed by atoms with Gasteiger partial charge in [-0.2, -0.15) is 4.99 Å². The number of amidine groups is 1. The Balaban J connectivity index is 1.56. The van der Waals surface area contributed by atoms with Gasteiger partial charge in [0, 0.05) is 11.4 Å². The Kier molecular flexibility index (Phi) is 4.15. The lowest BCUT2D eigenvalue weighted by Gasteiger charge is -2.13. The maximum atomic E-state index is 11.8. The summed E-state index contributed by atoms with van der Waals surface area (Å²) < 4.78 is 0. The molecule has 0 radical (unpaired) electrons. The van der Waals surface area contributed by atoms with E-state index in [9.17, 15) is 9.59 Å². The molecule has 1 aromatic carbocycles. The van der Waals surface area contributed by atoms with Crippen LogP contribution in [0.15, 0.2) is 40.3 Å². The molecular weight excluding hydrogens is 286 g/mol. The van der Waals surface area contributed by atoms with Crippen LogP contribution in [0.3, 0.4) is 0 Å². The molecule has 0 saturated heterocycles. The molecule has 2 aliphatic rings. The largest absolute Gasteiger partial charge is 0.325 e. The second-order valence-corrected chi connectivity index (χ2v) is 5.93. The van der Waals surface area contributed by atoms with Gasteiger partial charge in [0.1, 0.15) is 0 Å². The predicted molar refractivity (Wildman–Crippen MR) is 84.7 cm³/mol. The van der Waals surface area contributed by atoms with Gasteiger partial charge in [0.2, 0.25) is 5.91 Å². The molecule has 1 atom stereocenters. The molecule has 21 heavy (non-hydrogen) atoms. The highest BCUT2D eigenvalue weighted by Crippen LogP contribution is 2.28. The summed E-state index contributed by atoms with van der Waals surface area (Å²) in [6.45, 7) is 0. The molecule has 2 amide bonds. The fourth-order valence-corrected chi connectivity index (χ4v) is 3.13. The number of hydrogen-bond donors (Lipinski definition) is 1. The summed E-state index contributed by atoms with van der Waals surface area (Å²) in [5.41, 5.74) is 1.69. The number of rotatable bonds is 3. The molecule has 1 saturated carbocycles. The van der Waals surface area contributed by atoms with Crippen LogP contribution in [0, 0.1) is 5.92 Å². The Morgan fingerprint density at radius 3 is 2.90 bits per heavy atom. The average molecular weight is 301 g/mol. The van der Waals surface area contributed by atoms with Gasteiger partial charge in [-0.25, -0.2) is 4.99 Å². The van der Waals surface area contributed by atoms with Crippen molar-refractivity contribution < 1.29 is 9.59 Å². The Hall–Kier alpha value is -1.95. The third-order valence-electron chi connectivity index (χ3n) is 3.46. The van der Waals surface area contributed by atoms with Crippen molar-refractivity contribution >= 4 is 40.1 Å². The molecule has 1 fully saturated rings. The number of carbonyl (C=O) groups is 2. The monoisotopic (exact) mass is 301 g/mol. The third kappa shape index (κ3) is 3.39. The summed E-state index contributed by atoms with van der Waals surface area (Å²) in [5, 5.41) is 3.20. The van der Waals surface area contributed by atoms with Crippen LogP contribution in [0.1, 0.15) is 19.3 Å². The Bertz CT molecular complexity index is 625. The van der Waals surface area contributed by atoms with Crippen molar-refractivity contribution in [1.82, 2.24) is 0 Å². The van der Waals surface area contributed by atoms with Crippen molar-refractivity contribution in [3.8, 4) is 0 Å². The predicted octanol–water partition coefficient (Wildman–Crippen LogP) is 2.50. The van der Waals surface area contributed by atoms with Crippen molar-refractivity contribution in [3.05, 3.63) is 30.3 Å². The van der Waals surface area contributed by atoms with Crippen molar-refractivity contribution in [3.63, 3.8) is 0 Å². The first-order chi connectivity index (χ1) is 10.2. The number of benzene rings is 1. The number of para-hydroxylation sites is 1. The highest BCUT2D eigenvalue weighted by Gasteiger charge is 2.32. The second-order valence-electron chi connectivity index (χ2n) is 4.98. The van der Waals surface area contributed by atoms with Gasteiger partial charge in [-0.1, -0.05) is 30.0 Å². The zero-order chi connectivity index (χ0) is 14.7. The molecule has 1 unspecified atom stereocenters. The van der Waals surface area contributed by atoms with E-state index >= 15 is 0 Å². The summed E-state index contributed by atoms with van der Waals surface area (Å²) in [6.07, 6.45) is 2.72. The minimum absolute atomic E-state index is 0.104. The van der Waals surface area contributed by atoms with E-state index in [1.165, 1.54) is 11.8 Å². The average Bonchev–Trinajstić information content (AvgIpc) is 2.95. The zero-order valence-electron chi connectivity index (χ0n) is 11.4. The maximum Gasteiger partial charge on any atom is 0.256 e. The summed E-state index contributed by atoms with van der Waals surface area (Å²) in [4.78, 5) is 32.1. The van der Waals surface area contributed by atoms with Gasteiger partial charge in [-0.05, 0) is 31.4 Å². The number of anilines is 1. The molecule has 1 aliphatic heterocycles. The normalized spacial score (nSPS) is 20.6. The molecule has 6 heteroatoms. The van der Waals surface area contributed by atoms with Crippen LogP contribution in [0.2, 0.25) is 0 Å². The molecule has 1 N–H and O–H groups in total. The molecular formula is C15H15N3O2S. The van der Waals surface area contributed by atoms with Crippen LogP contribution in [-0.4, -0.2) is 28.4 Å². The summed E-state index contributed by atoms with van der Waals surface area (Å²) in [6, 6.07) is 9.26. The lowest BCUT2D eigenvalue weighted by atomic mass is 10.1. The van der Waals surface area contributed by atoms with Crippen molar-refractivity contribution in [1.29, 1.82) is 0 Å². The lowest BCUT2D eigenvalue weighted by Crippen LogP contribution is -2.24. The molecule has 1 heterocycles. The van der Waals surface area contributed by atoms with Crippen LogP contribution in [0.4, 0.5) is 5.69 Å². The standard InChI is InChI=1S/C15H15N3O2S/c19-13(16-10-5-2-1-3-6-10)9-21-15-17-12-8-4-7-11(12)14(20)18-15/h1-3,5-6,11H,4,7-9H2,(H,16,19). The van der Waals surface area contributed by atoms with Gasteiger partial charge in [-0.15, -0.1) is 0 Å². The molecule has 108 valence electrons. The lowest BCUT2D eigenvalue weighted by molar-refractivity contribution is -0.119. The number of amides is 2. The minimum Gasteiger partial charge on any atom is -0.325 e. The van der Waals surface area contributed by atoms with E-state index in [2.05, 4.69) is 15.3 Å². The first-order valence-corrected chi connectivity index (χ1v) is 7.88. The summed E-state index contributed by atoms with van der Waals surface area (Å²) in [5.74, 6) is -0.145. The number of hydrogen-bond acceptors (Lipinski definition) is 4. The molecule has 3 rings (SSSR count). The number of carbonyl (C=O) groups excluding carboxylic acids is 2. The fraction of sp³-hybridized carbons (Fsp3) is 0.333. The number of nitrogens with zero attached hydrogens (tertiary/aromatic N) is 2. The maximum absolute atomic E-state index is 11.8. The minimum atomic E-state index is -0.130. The summed E-state index contributed by atoms with van der Waals surface area (Å²) in [7, 11) is 0. The summed E-state index contributed by atoms with van der Waals surface area (Å²) >= 11 is 1.21. The van der Waals surface area contributed by atoms with Gasteiger partial charge in [0.05, 0.1) is 11.7 Å². The molecule has 0 spiro atoms. The molecule has 5 nitrogen and oxygen atoms in total. The zero-order valence-corrected chi connectivity index (χ0v) is 12.2. The van der Waals surface area contributed by atoms with E-state index in [0.29, 0.717) is 5.17 Å². The topological polar surface area (TPSA) is 70.9 Å². The van der Waals surface area contributed by atoms with E-state index in [1.54, 1.807) is 0 Å². The van der Waals surface area contributed by atoms with Crippen LogP contribution < -0.4 is 5.32 Å². The van der Waals surface area contributed by atoms with E-state index in [0.717, 1.165) is 30.7 Å². The van der Waals surface area contributed by atoms with E-state index < -0.39 is 0 Å². The van der Waals surface area contributed by atoms with Gasteiger partial charge in [0.25, 0.3) is 5.91 Å². The highest BCUT2D eigenvalue weighted by molar-refractivity contribution is 8.14. The van der Waals surface area contributed by atoms with Crippen molar-refractivity contribution in [2.45, 2.75) is 19.3 Å². The second kappa shape index (κ2) is 6.22. The van der Waals surface area contributed by atoms with Crippen LogP contribution in [0.5, 0.6) is 0 Å². The Labute approximate surface area is 126 Å². The van der Waals surface area contributed by atoms with Crippen molar-refractivity contribution in [2.24, 2.45) is 15.9 Å². The smallest absolute Gasteiger partial charge is 0.256 e. The number of fused-ring (bicyclic) bond motifs is 1. The number of nitrogens with one attached hydrogen (secondary N) is 1. The van der Waals surface area contributed by atoms with Gasteiger partial charge in [-0.3, -0.25) is 9.59 Å². The molecule has 0 aromatic heterocycles. The van der Waals surface area contributed by atoms with Gasteiger partial charge in [0.15, 0.2) is 5.17 Å². The number of aliphatic imine (C=N–C) groups is 2. The third-order valence-corrected chi connectivity index (χ3v) is 4.31. The van der Waals surface area contributed by atoms with Gasteiger partial charge < -0.3 is 5.32 Å². The van der Waals surface area contributed by atoms with E-state index in [1.807, 2.05) is 30.3 Å². The first kappa shape index (κ1) is 14.0.